The molecule has 8 heteroatoms. The highest BCUT2D eigenvalue weighted by molar-refractivity contribution is 6.30. The SMILES string of the molecule is Cc1ccc(-n2ccn3c(CCCC(=O)NCCc4ccc(Cl)cc4)nnc3c2=O)cc1C. The van der Waals surface area contributed by atoms with Crippen LogP contribution in [0, 0.1) is 13.8 Å². The number of aryl methyl sites for hydroxylation is 3. The highest BCUT2D eigenvalue weighted by atomic mass is 35.5. The summed E-state index contributed by atoms with van der Waals surface area (Å²) in [5.41, 5.74) is 4.27. The van der Waals surface area contributed by atoms with Crippen molar-refractivity contribution >= 4 is 23.2 Å². The van der Waals surface area contributed by atoms with Crippen LogP contribution in [0.5, 0.6) is 0 Å². The molecule has 2 aromatic heterocycles. The van der Waals surface area contributed by atoms with E-state index in [-0.39, 0.29) is 17.1 Å². The molecule has 0 unspecified atom stereocenters. The van der Waals surface area contributed by atoms with Crippen molar-refractivity contribution in [1.29, 1.82) is 0 Å². The van der Waals surface area contributed by atoms with Crippen molar-refractivity contribution in [1.82, 2.24) is 24.5 Å². The minimum absolute atomic E-state index is 0.00474. The van der Waals surface area contributed by atoms with Gasteiger partial charge in [-0.3, -0.25) is 18.6 Å². The molecule has 0 aliphatic carbocycles. The number of hydrogen-bond donors (Lipinski definition) is 1. The quantitative estimate of drug-likeness (QED) is 0.430. The standard InChI is InChI=1S/C25H26ClN5O2/c1-17-6-11-21(16-18(17)2)30-14-15-31-22(28-29-24(31)25(30)33)4-3-5-23(32)27-13-12-19-7-9-20(26)10-8-19/h6-11,14-16H,3-5,12-13H2,1-2H3,(H,27,32). The second-order valence-corrected chi connectivity index (χ2v) is 8.57. The van der Waals surface area contributed by atoms with E-state index in [1.807, 2.05) is 56.3 Å². The van der Waals surface area contributed by atoms with Gasteiger partial charge in [0.15, 0.2) is 0 Å². The van der Waals surface area contributed by atoms with Crippen molar-refractivity contribution in [2.45, 2.75) is 39.5 Å². The van der Waals surface area contributed by atoms with Crippen LogP contribution in [0.4, 0.5) is 0 Å². The molecule has 0 saturated carbocycles. The number of halogens is 1. The van der Waals surface area contributed by atoms with Gasteiger partial charge in [-0.2, -0.15) is 0 Å². The topological polar surface area (TPSA) is 81.3 Å². The van der Waals surface area contributed by atoms with Gasteiger partial charge >= 0.3 is 5.56 Å². The molecular formula is C25H26ClN5O2. The summed E-state index contributed by atoms with van der Waals surface area (Å²) >= 11 is 5.89. The largest absolute Gasteiger partial charge is 0.356 e. The minimum Gasteiger partial charge on any atom is -0.356 e. The van der Waals surface area contributed by atoms with Crippen LogP contribution in [0.2, 0.25) is 5.02 Å². The van der Waals surface area contributed by atoms with Crippen LogP contribution < -0.4 is 10.9 Å². The monoisotopic (exact) mass is 463 g/mol. The van der Waals surface area contributed by atoms with E-state index in [0.29, 0.717) is 36.7 Å². The zero-order chi connectivity index (χ0) is 23.4. The highest BCUT2D eigenvalue weighted by Crippen LogP contribution is 2.13. The van der Waals surface area contributed by atoms with Crippen molar-refractivity contribution in [2.75, 3.05) is 6.54 Å². The van der Waals surface area contributed by atoms with Crippen LogP contribution >= 0.6 is 11.6 Å². The molecule has 1 N–H and O–H groups in total. The summed E-state index contributed by atoms with van der Waals surface area (Å²) < 4.78 is 3.28. The fourth-order valence-electron chi connectivity index (χ4n) is 3.68. The summed E-state index contributed by atoms with van der Waals surface area (Å²) in [5.74, 6) is 0.665. The maximum Gasteiger partial charge on any atom is 0.300 e. The third-order valence-electron chi connectivity index (χ3n) is 5.76. The van der Waals surface area contributed by atoms with Gasteiger partial charge in [0.1, 0.15) is 5.82 Å². The van der Waals surface area contributed by atoms with Crippen LogP contribution in [0.15, 0.2) is 59.7 Å². The molecule has 0 bridgehead atoms. The first kappa shape index (κ1) is 22.7. The molecule has 2 heterocycles. The van der Waals surface area contributed by atoms with Gasteiger partial charge in [-0.05, 0) is 67.6 Å². The smallest absolute Gasteiger partial charge is 0.300 e. The van der Waals surface area contributed by atoms with Gasteiger partial charge in [0.25, 0.3) is 0 Å². The lowest BCUT2D eigenvalue weighted by atomic mass is 10.1. The first-order chi connectivity index (χ1) is 15.9. The average Bonchev–Trinajstić information content (AvgIpc) is 3.21. The first-order valence-electron chi connectivity index (χ1n) is 11.0. The summed E-state index contributed by atoms with van der Waals surface area (Å²) in [6.45, 7) is 4.63. The lowest BCUT2D eigenvalue weighted by Gasteiger charge is -2.09. The second kappa shape index (κ2) is 10.0. The number of carbonyl (C=O) groups excluding carboxylic acids is 1. The highest BCUT2D eigenvalue weighted by Gasteiger charge is 2.12. The van der Waals surface area contributed by atoms with Crippen LogP contribution in [0.1, 0.15) is 35.4 Å². The zero-order valence-corrected chi connectivity index (χ0v) is 19.5. The van der Waals surface area contributed by atoms with Crippen molar-refractivity contribution in [3.8, 4) is 5.69 Å². The Bertz CT molecular complexity index is 1340. The number of rotatable bonds is 8. The number of amides is 1. The molecule has 0 atom stereocenters. The molecule has 2 aromatic carbocycles. The van der Waals surface area contributed by atoms with Crippen LogP contribution in [0.3, 0.4) is 0 Å². The normalized spacial score (nSPS) is 11.1. The lowest BCUT2D eigenvalue weighted by Crippen LogP contribution is -2.25. The summed E-state index contributed by atoms with van der Waals surface area (Å²) in [6, 6.07) is 13.5. The summed E-state index contributed by atoms with van der Waals surface area (Å²) in [7, 11) is 0. The van der Waals surface area contributed by atoms with E-state index >= 15 is 0 Å². The van der Waals surface area contributed by atoms with Gasteiger partial charge in [0.05, 0.1) is 0 Å². The van der Waals surface area contributed by atoms with E-state index in [0.717, 1.165) is 23.2 Å². The molecule has 0 saturated heterocycles. The van der Waals surface area contributed by atoms with Gasteiger partial charge in [0, 0.05) is 42.5 Å². The zero-order valence-electron chi connectivity index (χ0n) is 18.7. The Labute approximate surface area is 197 Å². The molecule has 4 aromatic rings. The van der Waals surface area contributed by atoms with Crippen LogP contribution in [0.25, 0.3) is 11.3 Å². The van der Waals surface area contributed by atoms with Crippen molar-refractivity contribution in [3.63, 3.8) is 0 Å². The van der Waals surface area contributed by atoms with Gasteiger partial charge in [-0.15, -0.1) is 10.2 Å². The van der Waals surface area contributed by atoms with Crippen molar-refractivity contribution in [2.24, 2.45) is 0 Å². The molecule has 0 radical (unpaired) electrons. The second-order valence-electron chi connectivity index (χ2n) is 8.13. The fourth-order valence-corrected chi connectivity index (χ4v) is 3.80. The fraction of sp³-hybridized carbons (Fsp3) is 0.280. The summed E-state index contributed by atoms with van der Waals surface area (Å²) in [5, 5.41) is 11.9. The molecule has 4 rings (SSSR count). The Hall–Kier alpha value is -3.45. The number of benzene rings is 2. The Kier molecular flexibility index (Phi) is 6.89. The van der Waals surface area contributed by atoms with E-state index in [2.05, 4.69) is 15.5 Å². The number of nitrogens with one attached hydrogen (secondary N) is 1. The Morgan fingerprint density at radius 2 is 1.79 bits per heavy atom. The van der Waals surface area contributed by atoms with Gasteiger partial charge in [-0.1, -0.05) is 29.8 Å². The maximum absolute atomic E-state index is 12.9. The minimum atomic E-state index is -0.223. The Balaban J connectivity index is 1.34. The van der Waals surface area contributed by atoms with Gasteiger partial charge in [-0.25, -0.2) is 0 Å². The molecule has 7 nitrogen and oxygen atoms in total. The molecule has 0 aliphatic rings. The number of carbonyl (C=O) groups is 1. The van der Waals surface area contributed by atoms with E-state index in [1.54, 1.807) is 21.4 Å². The van der Waals surface area contributed by atoms with E-state index in [1.165, 1.54) is 5.56 Å². The third-order valence-corrected chi connectivity index (χ3v) is 6.02. The van der Waals surface area contributed by atoms with Crippen LogP contribution in [-0.2, 0) is 17.6 Å². The van der Waals surface area contributed by atoms with Gasteiger partial charge in [0.2, 0.25) is 11.6 Å². The Morgan fingerprint density at radius 1 is 1.00 bits per heavy atom. The van der Waals surface area contributed by atoms with E-state index in [4.69, 9.17) is 11.6 Å². The molecule has 1 amide bonds. The number of aromatic nitrogens is 4. The molecule has 170 valence electrons. The first-order valence-corrected chi connectivity index (χ1v) is 11.3. The van der Waals surface area contributed by atoms with Crippen LogP contribution in [-0.4, -0.2) is 31.6 Å². The predicted molar refractivity (Wildman–Crippen MR) is 129 cm³/mol. The van der Waals surface area contributed by atoms with E-state index < -0.39 is 0 Å². The van der Waals surface area contributed by atoms with Gasteiger partial charge < -0.3 is 5.32 Å². The summed E-state index contributed by atoms with van der Waals surface area (Å²) in [4.78, 5) is 25.1. The van der Waals surface area contributed by atoms with E-state index in [9.17, 15) is 9.59 Å². The molecule has 0 fully saturated rings. The van der Waals surface area contributed by atoms with Crippen molar-refractivity contribution < 1.29 is 4.79 Å². The predicted octanol–water partition coefficient (Wildman–Crippen LogP) is 3.83. The molecule has 33 heavy (non-hydrogen) atoms. The average molecular weight is 464 g/mol. The molecular weight excluding hydrogens is 438 g/mol. The Morgan fingerprint density at radius 3 is 2.55 bits per heavy atom. The third kappa shape index (κ3) is 5.31. The van der Waals surface area contributed by atoms with Crippen molar-refractivity contribution in [3.05, 3.63) is 92.7 Å². The summed E-state index contributed by atoms with van der Waals surface area (Å²) in [6.07, 6.45) is 5.84. The number of nitrogens with zero attached hydrogens (tertiary/aromatic N) is 4. The maximum atomic E-state index is 12.9. The number of hydrogen-bond acceptors (Lipinski definition) is 4. The number of fused-ring (bicyclic) bond motifs is 1. The molecule has 0 spiro atoms. The molecule has 0 aliphatic heterocycles. The lowest BCUT2D eigenvalue weighted by molar-refractivity contribution is -0.121.